The van der Waals surface area contributed by atoms with Gasteiger partial charge in [0, 0.05) is 12.8 Å². The Balaban J connectivity index is 2.12. The molecule has 1 spiro atoms. The predicted molar refractivity (Wildman–Crippen MR) is 41.2 cm³/mol. The zero-order chi connectivity index (χ0) is 7.47. The van der Waals surface area contributed by atoms with Crippen LogP contribution in [0.5, 0.6) is 0 Å². The molecule has 0 N–H and O–H groups in total. The fourth-order valence-electron chi connectivity index (χ4n) is 3.21. The van der Waals surface area contributed by atoms with Crippen LogP contribution in [0.4, 0.5) is 0 Å². The Labute approximate surface area is 66.4 Å². The number of nitrogens with zero attached hydrogens (tertiary/aromatic N) is 2. The fourth-order valence-corrected chi connectivity index (χ4v) is 3.21. The highest BCUT2D eigenvalue weighted by atomic mass is 15.3. The minimum absolute atomic E-state index is 0.100. The minimum atomic E-state index is 0.100. The van der Waals surface area contributed by atoms with Gasteiger partial charge >= 0.3 is 0 Å². The first-order valence-corrected chi connectivity index (χ1v) is 4.50. The molecule has 2 heterocycles. The average Bonchev–Trinajstić information content (AvgIpc) is 2.43. The quantitative estimate of drug-likeness (QED) is 0.370. The summed E-state index contributed by atoms with van der Waals surface area (Å²) in [5, 5.41) is 0. The maximum absolute atomic E-state index is 9.67. The second-order valence-corrected chi connectivity index (χ2v) is 4.04. The smallest absolute Gasteiger partial charge is 0.179 e. The summed E-state index contributed by atoms with van der Waals surface area (Å²) in [7, 11) is 0. The van der Waals surface area contributed by atoms with Crippen molar-refractivity contribution in [1.29, 1.82) is 0 Å². The van der Waals surface area contributed by atoms with Gasteiger partial charge in [0.1, 0.15) is 0 Å². The summed E-state index contributed by atoms with van der Waals surface area (Å²) in [6, 6.07) is 0.461. The van der Waals surface area contributed by atoms with Crippen LogP contribution >= 0.6 is 0 Å². The van der Waals surface area contributed by atoms with Crippen LogP contribution in [-0.2, 0) is 0 Å². The van der Waals surface area contributed by atoms with Gasteiger partial charge in [0.2, 0.25) is 0 Å². The van der Waals surface area contributed by atoms with Gasteiger partial charge in [-0.05, 0) is 18.9 Å². The van der Waals surface area contributed by atoms with Gasteiger partial charge in [0.25, 0.3) is 0 Å². The van der Waals surface area contributed by atoms with Gasteiger partial charge < -0.3 is 10.2 Å². The summed E-state index contributed by atoms with van der Waals surface area (Å²) < 4.78 is 1.60. The predicted octanol–water partition coefficient (Wildman–Crippen LogP) is 1.90. The molecule has 1 saturated heterocycles. The van der Waals surface area contributed by atoms with E-state index in [0.717, 1.165) is 12.3 Å². The average molecular weight is 148 g/mol. The highest BCUT2D eigenvalue weighted by Gasteiger charge is 2.65. The standard InChI is InChI=1S/C9H12N2/c10-11-8-4-2-6-9(11)5-1-3-7(8)9/h2,6-8H,1,3-5H2. The number of fused-ring (bicyclic) bond motifs is 2. The Morgan fingerprint density at radius 1 is 1.55 bits per heavy atom. The Kier molecular flexibility index (Phi) is 0.846. The van der Waals surface area contributed by atoms with Crippen LogP contribution in [0, 0.1) is 5.92 Å². The summed E-state index contributed by atoms with van der Waals surface area (Å²) in [4.78, 5) is 0. The van der Waals surface area contributed by atoms with E-state index in [1.165, 1.54) is 19.3 Å². The number of hydrogen-bond donors (Lipinski definition) is 0. The van der Waals surface area contributed by atoms with E-state index in [0.29, 0.717) is 6.04 Å². The third kappa shape index (κ3) is 0.453. The molecule has 3 aliphatic rings. The monoisotopic (exact) mass is 148 g/mol. The molecule has 0 aromatic rings. The topological polar surface area (TPSA) is 25.3 Å². The molecule has 3 unspecified atom stereocenters. The van der Waals surface area contributed by atoms with Crippen LogP contribution in [-0.4, -0.2) is 16.3 Å². The molecule has 2 nitrogen and oxygen atoms in total. The minimum Gasteiger partial charge on any atom is -0.506 e. The van der Waals surface area contributed by atoms with Gasteiger partial charge in [-0.3, -0.25) is 0 Å². The maximum Gasteiger partial charge on any atom is 0.179 e. The van der Waals surface area contributed by atoms with E-state index in [1.807, 2.05) is 0 Å². The van der Waals surface area contributed by atoms with Crippen molar-refractivity contribution in [2.45, 2.75) is 37.3 Å². The molecule has 11 heavy (non-hydrogen) atoms. The van der Waals surface area contributed by atoms with Crippen molar-refractivity contribution in [1.82, 2.24) is 0 Å². The summed E-state index contributed by atoms with van der Waals surface area (Å²) in [6.45, 7) is 0. The highest BCUT2D eigenvalue weighted by Crippen LogP contribution is 2.54. The first-order chi connectivity index (χ1) is 5.34. The molecule has 3 atom stereocenters. The normalized spacial score (nSPS) is 52.2. The number of hydrogen-bond acceptors (Lipinski definition) is 0. The molecule has 1 saturated carbocycles. The third-order valence-corrected chi connectivity index (χ3v) is 3.72. The first kappa shape index (κ1) is 5.92. The Morgan fingerprint density at radius 3 is 3.18 bits per heavy atom. The van der Waals surface area contributed by atoms with Crippen molar-refractivity contribution in [3.63, 3.8) is 0 Å². The Bertz CT molecular complexity index is 256. The van der Waals surface area contributed by atoms with Crippen LogP contribution in [0.3, 0.4) is 0 Å². The van der Waals surface area contributed by atoms with E-state index < -0.39 is 0 Å². The van der Waals surface area contributed by atoms with Crippen molar-refractivity contribution >= 4 is 0 Å². The largest absolute Gasteiger partial charge is 0.506 e. The molecular weight excluding hydrogens is 136 g/mol. The lowest BCUT2D eigenvalue weighted by atomic mass is 9.67. The molecule has 58 valence electrons. The van der Waals surface area contributed by atoms with Crippen molar-refractivity contribution in [2.75, 3.05) is 0 Å². The highest BCUT2D eigenvalue weighted by molar-refractivity contribution is 5.20. The zero-order valence-corrected chi connectivity index (χ0v) is 6.53. The lowest BCUT2D eigenvalue weighted by Crippen LogP contribution is -2.65. The summed E-state index contributed by atoms with van der Waals surface area (Å²) in [6.07, 6.45) is 9.31. The van der Waals surface area contributed by atoms with Crippen molar-refractivity contribution in [2.24, 2.45) is 5.92 Å². The van der Waals surface area contributed by atoms with E-state index in [4.69, 9.17) is 0 Å². The second kappa shape index (κ2) is 1.57. The van der Waals surface area contributed by atoms with Crippen molar-refractivity contribution in [3.8, 4) is 0 Å². The molecule has 0 aromatic heterocycles. The summed E-state index contributed by atoms with van der Waals surface area (Å²) in [5.41, 5.74) is 9.77. The molecular formula is C9H12N2. The summed E-state index contributed by atoms with van der Waals surface area (Å²) >= 11 is 0. The van der Waals surface area contributed by atoms with E-state index in [-0.39, 0.29) is 5.54 Å². The van der Waals surface area contributed by atoms with Crippen LogP contribution in [0.25, 0.3) is 5.53 Å². The molecule has 0 radical (unpaired) electrons. The van der Waals surface area contributed by atoms with E-state index >= 15 is 0 Å². The Morgan fingerprint density at radius 2 is 2.45 bits per heavy atom. The van der Waals surface area contributed by atoms with Gasteiger partial charge in [-0.25, -0.2) is 0 Å². The molecule has 3 rings (SSSR count). The van der Waals surface area contributed by atoms with Crippen molar-refractivity contribution < 1.29 is 4.70 Å². The van der Waals surface area contributed by atoms with Gasteiger partial charge in [0.05, 0.1) is 5.92 Å². The SMILES string of the molecule is [N-]=[N+]1C2CC=CC13CCCC23. The van der Waals surface area contributed by atoms with E-state index in [1.54, 1.807) is 4.70 Å². The maximum atomic E-state index is 9.67. The molecule has 2 heteroatoms. The van der Waals surface area contributed by atoms with Crippen LogP contribution in [0.1, 0.15) is 25.7 Å². The number of rotatable bonds is 0. The third-order valence-electron chi connectivity index (χ3n) is 3.72. The Hall–Kier alpha value is -0.660. The van der Waals surface area contributed by atoms with Gasteiger partial charge in [0.15, 0.2) is 11.6 Å². The summed E-state index contributed by atoms with van der Waals surface area (Å²) in [5.74, 6) is 0.775. The van der Waals surface area contributed by atoms with Gasteiger partial charge in [-0.2, -0.15) is 0 Å². The van der Waals surface area contributed by atoms with Crippen LogP contribution in [0.15, 0.2) is 12.2 Å². The molecule has 0 amide bonds. The molecule has 2 fully saturated rings. The lowest BCUT2D eigenvalue weighted by molar-refractivity contribution is -0.730. The van der Waals surface area contributed by atoms with Crippen LogP contribution in [0.2, 0.25) is 0 Å². The van der Waals surface area contributed by atoms with Gasteiger partial charge in [-0.15, -0.1) is 0 Å². The van der Waals surface area contributed by atoms with Crippen LogP contribution < -0.4 is 0 Å². The lowest BCUT2D eigenvalue weighted by Gasteiger charge is -2.51. The van der Waals surface area contributed by atoms with Gasteiger partial charge in [-0.1, -0.05) is 6.08 Å². The molecule has 2 bridgehead atoms. The molecule has 0 aromatic carbocycles. The molecule has 2 aliphatic heterocycles. The molecule has 1 aliphatic carbocycles. The fraction of sp³-hybridized carbons (Fsp3) is 0.778. The van der Waals surface area contributed by atoms with E-state index in [9.17, 15) is 5.53 Å². The van der Waals surface area contributed by atoms with E-state index in [2.05, 4.69) is 12.2 Å². The second-order valence-electron chi connectivity index (χ2n) is 4.04. The zero-order valence-electron chi connectivity index (χ0n) is 6.53. The first-order valence-electron chi connectivity index (χ1n) is 4.50. The van der Waals surface area contributed by atoms with Crippen molar-refractivity contribution in [3.05, 3.63) is 17.7 Å².